The van der Waals surface area contributed by atoms with Crippen LogP contribution in [0.25, 0.3) is 0 Å². The van der Waals surface area contributed by atoms with Crippen LogP contribution in [0.1, 0.15) is 13.8 Å². The van der Waals surface area contributed by atoms with Crippen LogP contribution in [0.15, 0.2) is 24.3 Å². The molecule has 0 saturated heterocycles. The highest BCUT2D eigenvalue weighted by atomic mass is 16.5. The third-order valence-corrected chi connectivity index (χ3v) is 1.67. The van der Waals surface area contributed by atoms with E-state index in [9.17, 15) is 4.79 Å². The molecule has 0 saturated carbocycles. The van der Waals surface area contributed by atoms with Gasteiger partial charge in [-0.1, -0.05) is 6.07 Å². The summed E-state index contributed by atoms with van der Waals surface area (Å²) in [6, 6.07) is 7.23. The third kappa shape index (κ3) is 3.99. The molecule has 1 rings (SSSR count). The van der Waals surface area contributed by atoms with Crippen LogP contribution in [0.4, 0.5) is 5.69 Å². The van der Waals surface area contributed by atoms with E-state index in [1.165, 1.54) is 0 Å². The number of rotatable bonds is 4. The lowest BCUT2D eigenvalue weighted by Gasteiger charge is -2.11. The highest BCUT2D eigenvalue weighted by Crippen LogP contribution is 2.18. The molecule has 1 aromatic carbocycles. The molecule has 0 aliphatic rings. The monoisotopic (exact) mass is 208 g/mol. The normalized spacial score (nSPS) is 10.1. The van der Waals surface area contributed by atoms with Gasteiger partial charge < -0.3 is 15.8 Å². The summed E-state index contributed by atoms with van der Waals surface area (Å²) < 4.78 is 5.49. The number of amides is 1. The Morgan fingerprint density at radius 1 is 1.53 bits per heavy atom. The molecule has 0 atom stereocenters. The molecule has 0 aliphatic carbocycles. The first-order chi connectivity index (χ1) is 7.11. The van der Waals surface area contributed by atoms with Gasteiger partial charge >= 0.3 is 0 Å². The van der Waals surface area contributed by atoms with Crippen molar-refractivity contribution in [1.29, 1.82) is 0 Å². The van der Waals surface area contributed by atoms with Crippen molar-refractivity contribution in [3.63, 3.8) is 0 Å². The first kappa shape index (κ1) is 11.5. The van der Waals surface area contributed by atoms with Crippen molar-refractivity contribution in [3.05, 3.63) is 24.3 Å². The summed E-state index contributed by atoms with van der Waals surface area (Å²) in [5, 5.41) is 2.66. The number of carbonyl (C=O) groups is 1. The van der Waals surface area contributed by atoms with E-state index in [1.54, 1.807) is 12.1 Å². The van der Waals surface area contributed by atoms with Crippen LogP contribution in [0.3, 0.4) is 0 Å². The van der Waals surface area contributed by atoms with Crippen LogP contribution in [0, 0.1) is 0 Å². The number of ether oxygens (including phenoxy) is 1. The van der Waals surface area contributed by atoms with Crippen molar-refractivity contribution in [2.45, 2.75) is 20.0 Å². The third-order valence-electron chi connectivity index (χ3n) is 1.67. The van der Waals surface area contributed by atoms with Gasteiger partial charge in [0.25, 0.3) is 0 Å². The van der Waals surface area contributed by atoms with Gasteiger partial charge in [-0.05, 0) is 26.0 Å². The number of nitrogens with one attached hydrogen (secondary N) is 1. The quantitative estimate of drug-likeness (QED) is 0.785. The van der Waals surface area contributed by atoms with E-state index in [0.717, 1.165) is 5.75 Å². The standard InChI is InChI=1S/C11H16N2O2/c1-8(2)15-10-5-3-4-9(6-10)13-11(14)7-12/h3-6,8H,7,12H2,1-2H3,(H,13,14). The Bertz CT molecular complexity index is 337. The second-order valence-corrected chi connectivity index (χ2v) is 3.45. The largest absolute Gasteiger partial charge is 0.491 e. The van der Waals surface area contributed by atoms with Crippen molar-refractivity contribution in [1.82, 2.24) is 0 Å². The molecule has 15 heavy (non-hydrogen) atoms. The van der Waals surface area contributed by atoms with Crippen molar-refractivity contribution in [2.75, 3.05) is 11.9 Å². The first-order valence-electron chi connectivity index (χ1n) is 4.88. The number of hydrogen-bond donors (Lipinski definition) is 2. The summed E-state index contributed by atoms with van der Waals surface area (Å²) >= 11 is 0. The maximum absolute atomic E-state index is 11.0. The molecule has 0 bridgehead atoms. The van der Waals surface area contributed by atoms with Gasteiger partial charge in [-0.25, -0.2) is 0 Å². The minimum Gasteiger partial charge on any atom is -0.491 e. The van der Waals surface area contributed by atoms with Crippen molar-refractivity contribution in [3.8, 4) is 5.75 Å². The Balaban J connectivity index is 2.69. The SMILES string of the molecule is CC(C)Oc1cccc(NC(=O)CN)c1. The summed E-state index contributed by atoms with van der Waals surface area (Å²) in [5.41, 5.74) is 5.89. The summed E-state index contributed by atoms with van der Waals surface area (Å²) in [6.45, 7) is 3.88. The molecule has 0 aliphatic heterocycles. The van der Waals surface area contributed by atoms with Crippen molar-refractivity contribution >= 4 is 11.6 Å². The number of anilines is 1. The molecular formula is C11H16N2O2. The molecule has 1 aromatic rings. The van der Waals surface area contributed by atoms with E-state index in [1.807, 2.05) is 26.0 Å². The molecule has 3 N–H and O–H groups in total. The molecule has 0 unspecified atom stereocenters. The number of benzene rings is 1. The molecule has 0 radical (unpaired) electrons. The molecule has 0 fully saturated rings. The van der Waals surface area contributed by atoms with E-state index in [2.05, 4.69) is 5.32 Å². The Kier molecular flexibility index (Phi) is 4.12. The minimum atomic E-state index is -0.211. The van der Waals surface area contributed by atoms with E-state index < -0.39 is 0 Å². The first-order valence-corrected chi connectivity index (χ1v) is 4.88. The Labute approximate surface area is 89.4 Å². The maximum atomic E-state index is 11.0. The fourth-order valence-corrected chi connectivity index (χ4v) is 1.13. The molecular weight excluding hydrogens is 192 g/mol. The van der Waals surface area contributed by atoms with Crippen LogP contribution in [-0.4, -0.2) is 18.6 Å². The maximum Gasteiger partial charge on any atom is 0.238 e. The lowest BCUT2D eigenvalue weighted by molar-refractivity contribution is -0.114. The number of carbonyl (C=O) groups excluding carboxylic acids is 1. The molecule has 1 amide bonds. The van der Waals surface area contributed by atoms with Gasteiger partial charge in [-0.3, -0.25) is 4.79 Å². The van der Waals surface area contributed by atoms with Crippen LogP contribution >= 0.6 is 0 Å². The predicted molar refractivity (Wildman–Crippen MR) is 59.9 cm³/mol. The fourth-order valence-electron chi connectivity index (χ4n) is 1.13. The summed E-state index contributed by atoms with van der Waals surface area (Å²) in [4.78, 5) is 11.0. The van der Waals surface area contributed by atoms with Crippen molar-refractivity contribution in [2.24, 2.45) is 5.73 Å². The molecule has 0 aromatic heterocycles. The second kappa shape index (κ2) is 5.36. The Morgan fingerprint density at radius 3 is 2.87 bits per heavy atom. The van der Waals surface area contributed by atoms with Gasteiger partial charge in [0.05, 0.1) is 12.6 Å². The van der Waals surface area contributed by atoms with E-state index in [0.29, 0.717) is 5.69 Å². The summed E-state index contributed by atoms with van der Waals surface area (Å²) in [7, 11) is 0. The summed E-state index contributed by atoms with van der Waals surface area (Å²) in [5.74, 6) is 0.525. The van der Waals surface area contributed by atoms with Gasteiger partial charge in [-0.2, -0.15) is 0 Å². The summed E-state index contributed by atoms with van der Waals surface area (Å²) in [6.07, 6.45) is 0.116. The second-order valence-electron chi connectivity index (χ2n) is 3.45. The zero-order chi connectivity index (χ0) is 11.3. The fraction of sp³-hybridized carbons (Fsp3) is 0.364. The molecule has 0 spiro atoms. The predicted octanol–water partition coefficient (Wildman–Crippen LogP) is 1.37. The molecule has 4 nitrogen and oxygen atoms in total. The lowest BCUT2D eigenvalue weighted by atomic mass is 10.3. The minimum absolute atomic E-state index is 0.0186. The van der Waals surface area contributed by atoms with Crippen LogP contribution in [0.2, 0.25) is 0 Å². The van der Waals surface area contributed by atoms with Gasteiger partial charge in [0.2, 0.25) is 5.91 Å². The molecule has 82 valence electrons. The smallest absolute Gasteiger partial charge is 0.238 e. The Morgan fingerprint density at radius 2 is 2.27 bits per heavy atom. The van der Waals surface area contributed by atoms with Gasteiger partial charge in [-0.15, -0.1) is 0 Å². The van der Waals surface area contributed by atoms with E-state index >= 15 is 0 Å². The van der Waals surface area contributed by atoms with Crippen LogP contribution < -0.4 is 15.8 Å². The van der Waals surface area contributed by atoms with Crippen LogP contribution in [-0.2, 0) is 4.79 Å². The average Bonchev–Trinajstić information content (AvgIpc) is 2.17. The lowest BCUT2D eigenvalue weighted by Crippen LogP contribution is -2.21. The molecule has 0 heterocycles. The van der Waals surface area contributed by atoms with Crippen LogP contribution in [0.5, 0.6) is 5.75 Å². The molecule has 4 heteroatoms. The highest BCUT2D eigenvalue weighted by Gasteiger charge is 2.01. The van der Waals surface area contributed by atoms with E-state index in [-0.39, 0.29) is 18.6 Å². The van der Waals surface area contributed by atoms with Gasteiger partial charge in [0.15, 0.2) is 0 Å². The topological polar surface area (TPSA) is 64.3 Å². The zero-order valence-electron chi connectivity index (χ0n) is 8.99. The number of hydrogen-bond acceptors (Lipinski definition) is 3. The van der Waals surface area contributed by atoms with E-state index in [4.69, 9.17) is 10.5 Å². The van der Waals surface area contributed by atoms with Gasteiger partial charge in [0.1, 0.15) is 5.75 Å². The highest BCUT2D eigenvalue weighted by molar-refractivity contribution is 5.92. The Hall–Kier alpha value is -1.55. The van der Waals surface area contributed by atoms with Crippen molar-refractivity contribution < 1.29 is 9.53 Å². The van der Waals surface area contributed by atoms with Gasteiger partial charge in [0, 0.05) is 11.8 Å². The number of nitrogens with two attached hydrogens (primary N) is 1. The zero-order valence-corrected chi connectivity index (χ0v) is 8.99. The average molecular weight is 208 g/mol.